The van der Waals surface area contributed by atoms with Crippen molar-refractivity contribution in [1.29, 1.82) is 0 Å². The second-order valence-corrected chi connectivity index (χ2v) is 15.0. The van der Waals surface area contributed by atoms with Crippen LogP contribution < -0.4 is 0 Å². The molecule has 0 heterocycles. The molecule has 0 fully saturated rings. The van der Waals surface area contributed by atoms with Gasteiger partial charge in [-0.25, -0.2) is 0 Å². The van der Waals surface area contributed by atoms with Crippen LogP contribution in [-0.4, -0.2) is 8.07 Å². The van der Waals surface area contributed by atoms with E-state index in [9.17, 15) is 0 Å². The molecule has 124 valence electrons. The van der Waals surface area contributed by atoms with Gasteiger partial charge in [0.05, 0.1) is 8.07 Å². The van der Waals surface area contributed by atoms with E-state index in [0.29, 0.717) is 16.2 Å². The van der Waals surface area contributed by atoms with Crippen LogP contribution in [-0.2, 0) is 0 Å². The van der Waals surface area contributed by atoms with E-state index in [4.69, 9.17) is 0 Å². The van der Waals surface area contributed by atoms with Crippen LogP contribution in [0.3, 0.4) is 0 Å². The zero-order valence-corrected chi connectivity index (χ0v) is 16.5. The Balaban J connectivity index is 0. The Morgan fingerprint density at radius 2 is 0.850 bits per heavy atom. The summed E-state index contributed by atoms with van der Waals surface area (Å²) in [5.41, 5.74) is 1.45. The summed E-state index contributed by atoms with van der Waals surface area (Å²) >= 11 is 0. The first-order valence-corrected chi connectivity index (χ1v) is 11.0. The Bertz CT molecular complexity index is 216. The molecule has 0 radical (unpaired) electrons. The lowest BCUT2D eigenvalue weighted by Crippen LogP contribution is -2.44. The van der Waals surface area contributed by atoms with Crippen LogP contribution in [0.1, 0.15) is 83.1 Å². The van der Waals surface area contributed by atoms with Crippen LogP contribution in [0.2, 0.25) is 24.2 Å². The quantitative estimate of drug-likeness (QED) is 0.458. The predicted molar refractivity (Wildman–Crippen MR) is 100 cm³/mol. The van der Waals surface area contributed by atoms with Crippen molar-refractivity contribution in [2.75, 3.05) is 0 Å². The van der Waals surface area contributed by atoms with Crippen LogP contribution in [0.25, 0.3) is 0 Å². The van der Waals surface area contributed by atoms with E-state index in [-0.39, 0.29) is 7.43 Å². The molecule has 0 rings (SSSR count). The van der Waals surface area contributed by atoms with Crippen molar-refractivity contribution in [3.05, 3.63) is 0 Å². The van der Waals surface area contributed by atoms with Gasteiger partial charge in [-0.1, -0.05) is 107 Å². The normalized spacial score (nSPS) is 14.1. The maximum atomic E-state index is 2.44. The topological polar surface area (TPSA) is 0 Å². The van der Waals surface area contributed by atoms with Gasteiger partial charge in [-0.15, -0.1) is 0 Å². The van der Waals surface area contributed by atoms with E-state index in [0.717, 1.165) is 0 Å². The summed E-state index contributed by atoms with van der Waals surface area (Å²) in [5, 5.41) is 0. The minimum Gasteiger partial charge on any atom is -0.0776 e. The molecule has 0 atom stereocenters. The average molecular weight is 301 g/mol. The van der Waals surface area contributed by atoms with Gasteiger partial charge in [0, 0.05) is 0 Å². The molecule has 0 saturated carbocycles. The molecular weight excluding hydrogens is 256 g/mol. The molecule has 0 aromatic heterocycles. The van der Waals surface area contributed by atoms with E-state index >= 15 is 0 Å². The molecule has 0 amide bonds. The van der Waals surface area contributed by atoms with Gasteiger partial charge in [-0.2, -0.15) is 0 Å². The van der Waals surface area contributed by atoms with Gasteiger partial charge >= 0.3 is 0 Å². The third-order valence-electron chi connectivity index (χ3n) is 3.50. The average Bonchev–Trinajstić information content (AvgIpc) is 1.90. The Labute approximate surface area is 132 Å². The molecule has 20 heavy (non-hydrogen) atoms. The van der Waals surface area contributed by atoms with Crippen LogP contribution in [0.15, 0.2) is 0 Å². The Morgan fingerprint density at radius 1 is 0.600 bits per heavy atom. The van der Waals surface area contributed by atoms with Crippen LogP contribution in [0, 0.1) is 16.2 Å². The van der Waals surface area contributed by atoms with E-state index in [2.05, 4.69) is 69.2 Å². The first-order valence-electron chi connectivity index (χ1n) is 8.18. The van der Waals surface area contributed by atoms with Gasteiger partial charge in [0.2, 0.25) is 0 Å². The van der Waals surface area contributed by atoms with Crippen molar-refractivity contribution in [2.24, 2.45) is 16.2 Å². The smallest absolute Gasteiger partial charge is 0.0551 e. The summed E-state index contributed by atoms with van der Waals surface area (Å²) in [4.78, 5) is 0. The Hall–Kier alpha value is 0.217. The SMILES string of the molecule is C.CCC[Si](CC(C)(C)C)(CC(C)(C)C)CC(C)(C)C. The summed E-state index contributed by atoms with van der Waals surface area (Å²) in [6.45, 7) is 24.3. The Morgan fingerprint density at radius 3 is 1.00 bits per heavy atom. The number of hydrogen-bond acceptors (Lipinski definition) is 0. The van der Waals surface area contributed by atoms with Gasteiger partial charge in [0.1, 0.15) is 0 Å². The summed E-state index contributed by atoms with van der Waals surface area (Å²) in [5.74, 6) is 0. The molecule has 0 aromatic rings. The van der Waals surface area contributed by atoms with Crippen molar-refractivity contribution >= 4 is 8.07 Å². The molecule has 0 unspecified atom stereocenters. The molecule has 1 heteroatoms. The molecule has 0 aliphatic carbocycles. The fourth-order valence-corrected chi connectivity index (χ4v) is 13.1. The van der Waals surface area contributed by atoms with Gasteiger partial charge in [0.25, 0.3) is 0 Å². The lowest BCUT2D eigenvalue weighted by Gasteiger charge is -2.44. The molecule has 0 spiro atoms. The summed E-state index contributed by atoms with van der Waals surface area (Å²) in [7, 11) is -1.20. The van der Waals surface area contributed by atoms with Crippen molar-refractivity contribution in [3.8, 4) is 0 Å². The number of rotatable bonds is 5. The van der Waals surface area contributed by atoms with Crippen molar-refractivity contribution in [3.63, 3.8) is 0 Å². The fourth-order valence-electron chi connectivity index (χ4n) is 4.36. The highest BCUT2D eigenvalue weighted by Gasteiger charge is 2.41. The molecule has 0 N–H and O–H groups in total. The minimum absolute atomic E-state index is 0. The molecule has 0 aliphatic heterocycles. The molecular formula is C19H44Si. The van der Waals surface area contributed by atoms with Crippen molar-refractivity contribution in [1.82, 2.24) is 0 Å². The monoisotopic (exact) mass is 300 g/mol. The third kappa shape index (κ3) is 10.9. The molecule has 0 bridgehead atoms. The second-order valence-electron chi connectivity index (χ2n) is 10.5. The summed E-state index contributed by atoms with van der Waals surface area (Å²) in [6.07, 6.45) is 1.37. The molecule has 0 aromatic carbocycles. The first-order chi connectivity index (χ1) is 8.18. The van der Waals surface area contributed by atoms with E-state index < -0.39 is 8.07 Å². The molecule has 0 saturated heterocycles. The zero-order chi connectivity index (χ0) is 15.5. The summed E-state index contributed by atoms with van der Waals surface area (Å²) in [6, 6.07) is 5.98. The molecule has 0 nitrogen and oxygen atoms in total. The minimum atomic E-state index is -1.20. The van der Waals surface area contributed by atoms with E-state index in [1.165, 1.54) is 30.6 Å². The second kappa shape index (κ2) is 7.47. The zero-order valence-electron chi connectivity index (χ0n) is 15.5. The maximum Gasteiger partial charge on any atom is 0.0551 e. The van der Waals surface area contributed by atoms with Crippen LogP contribution in [0.5, 0.6) is 0 Å². The standard InChI is InChI=1S/C18H40Si.CH4/c1-11-12-19(13-16(2,3)4,14-17(5,6)7)15-18(8,9)10;/h11-15H2,1-10H3;1H4. The van der Waals surface area contributed by atoms with Crippen molar-refractivity contribution in [2.45, 2.75) is 107 Å². The lowest BCUT2D eigenvalue weighted by molar-refractivity contribution is 0.405. The molecule has 0 aliphatic rings. The number of hydrogen-bond donors (Lipinski definition) is 0. The highest BCUT2D eigenvalue weighted by molar-refractivity contribution is 6.80. The van der Waals surface area contributed by atoms with Gasteiger partial charge in [-0.05, 0) is 16.2 Å². The van der Waals surface area contributed by atoms with Gasteiger partial charge in [-0.3, -0.25) is 0 Å². The van der Waals surface area contributed by atoms with Crippen molar-refractivity contribution < 1.29 is 0 Å². The highest BCUT2D eigenvalue weighted by Crippen LogP contribution is 2.45. The fraction of sp³-hybridized carbons (Fsp3) is 1.00. The van der Waals surface area contributed by atoms with Gasteiger partial charge < -0.3 is 0 Å². The highest BCUT2D eigenvalue weighted by atomic mass is 28.3. The third-order valence-corrected chi connectivity index (χ3v) is 10.5. The van der Waals surface area contributed by atoms with E-state index in [1.54, 1.807) is 0 Å². The van der Waals surface area contributed by atoms with E-state index in [1.807, 2.05) is 0 Å². The largest absolute Gasteiger partial charge is 0.0776 e. The summed E-state index contributed by atoms with van der Waals surface area (Å²) < 4.78 is 0. The van der Waals surface area contributed by atoms with Crippen LogP contribution >= 0.6 is 0 Å². The lowest BCUT2D eigenvalue weighted by atomic mass is 9.99. The van der Waals surface area contributed by atoms with Crippen LogP contribution in [0.4, 0.5) is 0 Å². The Kier molecular flexibility index (Phi) is 8.40. The maximum absolute atomic E-state index is 2.44. The predicted octanol–water partition coefficient (Wildman–Crippen LogP) is 7.62. The first kappa shape index (κ1) is 22.5. The van der Waals surface area contributed by atoms with Gasteiger partial charge in [0.15, 0.2) is 0 Å².